The van der Waals surface area contributed by atoms with Crippen LogP contribution < -0.4 is 10.0 Å². The third-order valence-electron chi connectivity index (χ3n) is 2.64. The second-order valence-electron chi connectivity index (χ2n) is 4.01. The summed E-state index contributed by atoms with van der Waals surface area (Å²) in [5.74, 6) is -4.77. The minimum atomic E-state index is -4.78. The van der Waals surface area contributed by atoms with E-state index in [0.717, 1.165) is 0 Å². The number of hydrogen-bond acceptors (Lipinski definition) is 4. The number of carboxylic acids is 1. The Morgan fingerprint density at radius 3 is 2.35 bits per heavy atom. The molecule has 6 nitrogen and oxygen atoms in total. The van der Waals surface area contributed by atoms with E-state index < -0.39 is 33.7 Å². The van der Waals surface area contributed by atoms with Gasteiger partial charge in [0.2, 0.25) is 0 Å². The van der Waals surface area contributed by atoms with Gasteiger partial charge in [-0.25, -0.2) is 13.1 Å². The second-order valence-corrected chi connectivity index (χ2v) is 5.66. The lowest BCUT2D eigenvalue weighted by molar-refractivity contribution is -0.138. The summed E-state index contributed by atoms with van der Waals surface area (Å²) in [7, 11) is -4.78. The first-order valence-electron chi connectivity index (χ1n) is 5.01. The van der Waals surface area contributed by atoms with Crippen molar-refractivity contribution >= 4 is 16.0 Å². The van der Waals surface area contributed by atoms with E-state index in [9.17, 15) is 22.0 Å². The Morgan fingerprint density at radius 2 is 1.94 bits per heavy atom. The van der Waals surface area contributed by atoms with Crippen LogP contribution in [0.5, 0.6) is 0 Å². The molecule has 17 heavy (non-hydrogen) atoms. The van der Waals surface area contributed by atoms with Crippen molar-refractivity contribution < 1.29 is 27.1 Å². The number of carbonyl (C=O) groups is 1. The number of aliphatic carboxylic acids is 1. The Kier molecular flexibility index (Phi) is 4.39. The van der Waals surface area contributed by atoms with Gasteiger partial charge in [-0.05, 0) is 25.9 Å². The van der Waals surface area contributed by atoms with Gasteiger partial charge in [0.05, 0.1) is 6.42 Å². The SMILES string of the molecule is O=C(O)CC1(NS(=O)(=O)C(F)F)CCNCC1. The minimum absolute atomic E-state index is 0.172. The van der Waals surface area contributed by atoms with E-state index in [2.05, 4.69) is 5.32 Å². The maximum Gasteiger partial charge on any atom is 0.350 e. The fraction of sp³-hybridized carbons (Fsp3) is 0.875. The molecule has 0 bridgehead atoms. The van der Waals surface area contributed by atoms with Crippen LogP contribution in [0.15, 0.2) is 0 Å². The summed E-state index contributed by atoms with van der Waals surface area (Å²) >= 11 is 0. The molecule has 0 unspecified atom stereocenters. The van der Waals surface area contributed by atoms with Crippen molar-refractivity contribution in [2.24, 2.45) is 0 Å². The van der Waals surface area contributed by atoms with Crippen molar-refractivity contribution in [3.8, 4) is 0 Å². The van der Waals surface area contributed by atoms with Crippen LogP contribution in [-0.2, 0) is 14.8 Å². The zero-order chi connectivity index (χ0) is 13.1. The van der Waals surface area contributed by atoms with E-state index >= 15 is 0 Å². The number of sulfonamides is 1. The number of piperidine rings is 1. The number of alkyl halides is 2. The Morgan fingerprint density at radius 1 is 1.41 bits per heavy atom. The van der Waals surface area contributed by atoms with Crippen LogP contribution in [0, 0.1) is 0 Å². The quantitative estimate of drug-likeness (QED) is 0.640. The maximum absolute atomic E-state index is 12.3. The van der Waals surface area contributed by atoms with Gasteiger partial charge in [0.25, 0.3) is 10.0 Å². The number of hydrogen-bond donors (Lipinski definition) is 3. The lowest BCUT2D eigenvalue weighted by atomic mass is 9.86. The van der Waals surface area contributed by atoms with Crippen LogP contribution >= 0.6 is 0 Å². The molecule has 1 saturated heterocycles. The molecule has 0 amide bonds. The molecular formula is C8H14F2N2O4S. The molecule has 0 aromatic carbocycles. The highest BCUT2D eigenvalue weighted by Crippen LogP contribution is 2.24. The molecule has 0 aromatic heterocycles. The monoisotopic (exact) mass is 272 g/mol. The summed E-state index contributed by atoms with van der Waals surface area (Å²) in [6.07, 6.45) is -0.156. The Labute approximate surface area is 97.4 Å². The molecule has 1 heterocycles. The zero-order valence-corrected chi connectivity index (χ0v) is 9.77. The van der Waals surface area contributed by atoms with Gasteiger partial charge < -0.3 is 10.4 Å². The van der Waals surface area contributed by atoms with E-state index in [1.807, 2.05) is 4.72 Å². The lowest BCUT2D eigenvalue weighted by Crippen LogP contribution is -2.56. The van der Waals surface area contributed by atoms with Crippen molar-refractivity contribution in [1.82, 2.24) is 10.0 Å². The lowest BCUT2D eigenvalue weighted by Gasteiger charge is -2.36. The molecule has 0 spiro atoms. The standard InChI is InChI=1S/C8H14F2N2O4S/c9-7(10)17(15,16)12-8(5-6(13)14)1-3-11-4-2-8/h7,11-12H,1-5H2,(H,13,14). The van der Waals surface area contributed by atoms with Gasteiger partial charge in [-0.2, -0.15) is 8.78 Å². The normalized spacial score (nSPS) is 20.4. The van der Waals surface area contributed by atoms with Gasteiger partial charge in [-0.1, -0.05) is 0 Å². The number of carboxylic acid groups (broad SMARTS) is 1. The predicted octanol–water partition coefficient (Wildman–Crippen LogP) is -0.275. The summed E-state index contributed by atoms with van der Waals surface area (Å²) in [4.78, 5) is 10.7. The van der Waals surface area contributed by atoms with Crippen LogP contribution in [0.1, 0.15) is 19.3 Å². The van der Waals surface area contributed by atoms with Crippen LogP contribution in [0.4, 0.5) is 8.78 Å². The molecule has 1 aliphatic heterocycles. The van der Waals surface area contributed by atoms with Crippen LogP contribution in [0.2, 0.25) is 0 Å². The Hall–Kier alpha value is -0.800. The maximum atomic E-state index is 12.3. The molecule has 1 rings (SSSR count). The summed E-state index contributed by atoms with van der Waals surface area (Å²) in [5.41, 5.74) is -1.31. The van der Waals surface area contributed by atoms with E-state index in [-0.39, 0.29) is 12.8 Å². The molecule has 0 saturated carbocycles. The van der Waals surface area contributed by atoms with Gasteiger partial charge in [0.1, 0.15) is 0 Å². The smallest absolute Gasteiger partial charge is 0.350 e. The van der Waals surface area contributed by atoms with Crippen LogP contribution in [0.3, 0.4) is 0 Å². The molecule has 0 aromatic rings. The van der Waals surface area contributed by atoms with E-state index in [1.165, 1.54) is 0 Å². The fourth-order valence-corrected chi connectivity index (χ4v) is 2.82. The highest BCUT2D eigenvalue weighted by molar-refractivity contribution is 7.89. The molecule has 1 aliphatic rings. The highest BCUT2D eigenvalue weighted by atomic mass is 32.2. The van der Waals surface area contributed by atoms with E-state index in [4.69, 9.17) is 5.11 Å². The first kappa shape index (κ1) is 14.3. The molecule has 0 atom stereocenters. The summed E-state index contributed by atoms with van der Waals surface area (Å²) < 4.78 is 48.6. The third kappa shape index (κ3) is 3.86. The second kappa shape index (κ2) is 5.23. The van der Waals surface area contributed by atoms with Crippen molar-refractivity contribution in [2.45, 2.75) is 30.6 Å². The molecule has 9 heteroatoms. The average Bonchev–Trinajstić information content (AvgIpc) is 2.16. The van der Waals surface area contributed by atoms with Crippen molar-refractivity contribution in [3.63, 3.8) is 0 Å². The largest absolute Gasteiger partial charge is 0.481 e. The number of rotatable bonds is 5. The Bertz CT molecular complexity index is 379. The average molecular weight is 272 g/mol. The highest BCUT2D eigenvalue weighted by Gasteiger charge is 2.40. The van der Waals surface area contributed by atoms with Gasteiger partial charge >= 0.3 is 11.7 Å². The van der Waals surface area contributed by atoms with Gasteiger partial charge in [0, 0.05) is 5.54 Å². The topological polar surface area (TPSA) is 95.5 Å². The van der Waals surface area contributed by atoms with E-state index in [1.54, 1.807) is 0 Å². The van der Waals surface area contributed by atoms with Gasteiger partial charge in [-0.15, -0.1) is 0 Å². The molecule has 1 fully saturated rings. The molecule has 100 valence electrons. The predicted molar refractivity (Wildman–Crippen MR) is 55.1 cm³/mol. The minimum Gasteiger partial charge on any atom is -0.481 e. The number of halogens is 2. The molecule has 3 N–H and O–H groups in total. The fourth-order valence-electron chi connectivity index (χ4n) is 1.86. The summed E-state index contributed by atoms with van der Waals surface area (Å²) in [6, 6.07) is 0. The van der Waals surface area contributed by atoms with Gasteiger partial charge in [-0.3, -0.25) is 4.79 Å². The van der Waals surface area contributed by atoms with Crippen LogP contribution in [0.25, 0.3) is 0 Å². The molecule has 0 radical (unpaired) electrons. The third-order valence-corrected chi connectivity index (χ3v) is 3.83. The van der Waals surface area contributed by atoms with Crippen LogP contribution in [-0.4, -0.2) is 43.9 Å². The van der Waals surface area contributed by atoms with Crippen molar-refractivity contribution in [2.75, 3.05) is 13.1 Å². The Balaban J connectivity index is 2.87. The summed E-state index contributed by atoms with van der Waals surface area (Å²) in [5, 5.41) is 11.6. The van der Waals surface area contributed by atoms with Gasteiger partial charge in [0.15, 0.2) is 0 Å². The first-order valence-corrected chi connectivity index (χ1v) is 6.55. The zero-order valence-electron chi connectivity index (χ0n) is 8.95. The number of nitrogens with one attached hydrogen (secondary N) is 2. The van der Waals surface area contributed by atoms with Crippen molar-refractivity contribution in [1.29, 1.82) is 0 Å². The molecule has 0 aliphatic carbocycles. The molecular weight excluding hydrogens is 258 g/mol. The summed E-state index contributed by atoms with van der Waals surface area (Å²) in [6.45, 7) is 0.776. The first-order chi connectivity index (χ1) is 7.77. The van der Waals surface area contributed by atoms with Crippen molar-refractivity contribution in [3.05, 3.63) is 0 Å². The van der Waals surface area contributed by atoms with E-state index in [0.29, 0.717) is 13.1 Å².